The summed E-state index contributed by atoms with van der Waals surface area (Å²) >= 11 is 0. The molecule has 2 aliphatic rings. The van der Waals surface area contributed by atoms with E-state index in [0.29, 0.717) is 12.6 Å². The van der Waals surface area contributed by atoms with Crippen LogP contribution in [-0.4, -0.2) is 45.5 Å². The standard InChI is InChI=1S/C15H30N2O3S/c1-4-20-14-11-13(15(14,2)3)17-21(18,19)10-6-5-9-16-12-7-8-12/h12-14,16-17H,4-11H2,1-3H3. The van der Waals surface area contributed by atoms with E-state index in [4.69, 9.17) is 4.74 Å². The summed E-state index contributed by atoms with van der Waals surface area (Å²) in [6, 6.07) is 0.703. The van der Waals surface area contributed by atoms with E-state index in [2.05, 4.69) is 23.9 Å². The minimum atomic E-state index is -3.17. The van der Waals surface area contributed by atoms with Gasteiger partial charge in [0.05, 0.1) is 11.9 Å². The molecule has 0 spiro atoms. The van der Waals surface area contributed by atoms with Gasteiger partial charge in [0, 0.05) is 24.1 Å². The molecule has 2 rings (SSSR count). The van der Waals surface area contributed by atoms with Crippen LogP contribution in [0.3, 0.4) is 0 Å². The van der Waals surface area contributed by atoms with E-state index in [1.807, 2.05) is 6.92 Å². The topological polar surface area (TPSA) is 67.4 Å². The Morgan fingerprint density at radius 2 is 1.95 bits per heavy atom. The van der Waals surface area contributed by atoms with Crippen molar-refractivity contribution in [1.29, 1.82) is 0 Å². The maximum absolute atomic E-state index is 12.1. The maximum Gasteiger partial charge on any atom is 0.211 e. The van der Waals surface area contributed by atoms with Crippen molar-refractivity contribution < 1.29 is 13.2 Å². The van der Waals surface area contributed by atoms with Crippen LogP contribution in [0.1, 0.15) is 52.9 Å². The normalized spacial score (nSPS) is 28.3. The van der Waals surface area contributed by atoms with Crippen molar-refractivity contribution in [2.75, 3.05) is 18.9 Å². The fourth-order valence-electron chi connectivity index (χ4n) is 2.86. The number of unbranched alkanes of at least 4 members (excludes halogenated alkanes) is 1. The van der Waals surface area contributed by atoms with E-state index in [1.165, 1.54) is 12.8 Å². The number of sulfonamides is 1. The molecule has 21 heavy (non-hydrogen) atoms. The van der Waals surface area contributed by atoms with Crippen LogP contribution in [-0.2, 0) is 14.8 Å². The number of nitrogens with one attached hydrogen (secondary N) is 2. The third kappa shape index (κ3) is 4.91. The van der Waals surface area contributed by atoms with Gasteiger partial charge in [-0.2, -0.15) is 0 Å². The molecule has 2 aliphatic carbocycles. The lowest BCUT2D eigenvalue weighted by molar-refractivity contribution is -0.108. The van der Waals surface area contributed by atoms with Gasteiger partial charge in [-0.25, -0.2) is 13.1 Å². The van der Waals surface area contributed by atoms with Gasteiger partial charge in [-0.15, -0.1) is 0 Å². The van der Waals surface area contributed by atoms with Crippen molar-refractivity contribution in [2.45, 2.75) is 71.1 Å². The first-order valence-electron chi connectivity index (χ1n) is 8.20. The van der Waals surface area contributed by atoms with Gasteiger partial charge in [-0.05, 0) is 45.6 Å². The molecule has 0 bridgehead atoms. The van der Waals surface area contributed by atoms with Crippen LogP contribution in [0.4, 0.5) is 0 Å². The number of ether oxygens (including phenoxy) is 1. The molecule has 0 radical (unpaired) electrons. The van der Waals surface area contributed by atoms with Gasteiger partial charge in [0.1, 0.15) is 0 Å². The first-order chi connectivity index (χ1) is 9.85. The van der Waals surface area contributed by atoms with Crippen molar-refractivity contribution >= 4 is 10.0 Å². The largest absolute Gasteiger partial charge is 0.378 e. The Bertz CT molecular complexity index is 432. The molecule has 2 atom stereocenters. The Labute approximate surface area is 129 Å². The highest BCUT2D eigenvalue weighted by Gasteiger charge is 2.50. The van der Waals surface area contributed by atoms with Gasteiger partial charge in [0.25, 0.3) is 0 Å². The molecule has 6 heteroatoms. The molecule has 0 amide bonds. The SMILES string of the molecule is CCOC1CC(NS(=O)(=O)CCCCNC2CC2)C1(C)C. The molecular formula is C15H30N2O3S. The monoisotopic (exact) mass is 318 g/mol. The molecule has 0 aromatic rings. The molecule has 0 aromatic heterocycles. The summed E-state index contributed by atoms with van der Waals surface area (Å²) in [6.45, 7) is 7.74. The quantitative estimate of drug-likeness (QED) is 0.601. The molecule has 5 nitrogen and oxygen atoms in total. The molecule has 124 valence electrons. The number of hydrogen-bond acceptors (Lipinski definition) is 4. The second-order valence-corrected chi connectivity index (χ2v) is 8.80. The third-order valence-electron chi connectivity index (χ3n) is 4.72. The Hall–Kier alpha value is -0.170. The van der Waals surface area contributed by atoms with Gasteiger partial charge in [0.2, 0.25) is 10.0 Å². The molecule has 0 aromatic carbocycles. The zero-order valence-electron chi connectivity index (χ0n) is 13.5. The van der Waals surface area contributed by atoms with E-state index in [9.17, 15) is 8.42 Å². The Balaban J connectivity index is 1.66. The summed E-state index contributed by atoms with van der Waals surface area (Å²) in [5, 5.41) is 3.41. The first kappa shape index (κ1) is 17.2. The smallest absolute Gasteiger partial charge is 0.211 e. The van der Waals surface area contributed by atoms with Gasteiger partial charge in [0.15, 0.2) is 0 Å². The van der Waals surface area contributed by atoms with Gasteiger partial charge in [-0.1, -0.05) is 13.8 Å². The van der Waals surface area contributed by atoms with Crippen molar-refractivity contribution in [3.63, 3.8) is 0 Å². The second-order valence-electron chi connectivity index (χ2n) is 6.93. The van der Waals surface area contributed by atoms with Crippen LogP contribution < -0.4 is 10.0 Å². The summed E-state index contributed by atoms with van der Waals surface area (Å²) in [7, 11) is -3.17. The molecule has 0 saturated heterocycles. The number of hydrogen-bond donors (Lipinski definition) is 2. The average Bonchev–Trinajstić information content (AvgIpc) is 3.21. The van der Waals surface area contributed by atoms with Crippen molar-refractivity contribution in [3.8, 4) is 0 Å². The molecular weight excluding hydrogens is 288 g/mol. The fraction of sp³-hybridized carbons (Fsp3) is 1.00. The molecule has 2 unspecified atom stereocenters. The Morgan fingerprint density at radius 3 is 2.52 bits per heavy atom. The lowest BCUT2D eigenvalue weighted by Gasteiger charge is -2.51. The third-order valence-corrected chi connectivity index (χ3v) is 6.19. The van der Waals surface area contributed by atoms with Crippen LogP contribution in [0.25, 0.3) is 0 Å². The van der Waals surface area contributed by atoms with Crippen molar-refractivity contribution in [2.24, 2.45) is 5.41 Å². The predicted octanol–water partition coefficient (Wildman–Crippen LogP) is 1.64. The fourth-order valence-corrected chi connectivity index (χ4v) is 4.39. The maximum atomic E-state index is 12.1. The first-order valence-corrected chi connectivity index (χ1v) is 9.85. The predicted molar refractivity (Wildman–Crippen MR) is 84.8 cm³/mol. The van der Waals surface area contributed by atoms with Gasteiger partial charge in [-0.3, -0.25) is 0 Å². The Morgan fingerprint density at radius 1 is 1.24 bits per heavy atom. The van der Waals surface area contributed by atoms with E-state index in [1.54, 1.807) is 0 Å². The molecule has 2 fully saturated rings. The van der Waals surface area contributed by atoms with Crippen LogP contribution in [0.5, 0.6) is 0 Å². The molecule has 0 heterocycles. The summed E-state index contributed by atoms with van der Waals surface area (Å²) < 4.78 is 32.7. The summed E-state index contributed by atoms with van der Waals surface area (Å²) in [6.07, 6.45) is 5.14. The van der Waals surface area contributed by atoms with Crippen molar-refractivity contribution in [3.05, 3.63) is 0 Å². The molecule has 2 saturated carbocycles. The summed E-state index contributed by atoms with van der Waals surface area (Å²) in [4.78, 5) is 0. The highest BCUT2D eigenvalue weighted by atomic mass is 32.2. The summed E-state index contributed by atoms with van der Waals surface area (Å²) in [5.41, 5.74) is -0.114. The minimum Gasteiger partial charge on any atom is -0.378 e. The van der Waals surface area contributed by atoms with E-state index >= 15 is 0 Å². The lowest BCUT2D eigenvalue weighted by Crippen LogP contribution is -2.62. The van der Waals surface area contributed by atoms with E-state index in [-0.39, 0.29) is 23.3 Å². The minimum absolute atomic E-state index is 0.00337. The van der Waals surface area contributed by atoms with Crippen LogP contribution in [0.2, 0.25) is 0 Å². The van der Waals surface area contributed by atoms with Gasteiger partial charge >= 0.3 is 0 Å². The molecule has 2 N–H and O–H groups in total. The highest BCUT2D eigenvalue weighted by Crippen LogP contribution is 2.43. The van der Waals surface area contributed by atoms with Gasteiger partial charge < -0.3 is 10.1 Å². The second kappa shape index (κ2) is 6.94. The molecule has 0 aliphatic heterocycles. The zero-order chi connectivity index (χ0) is 15.5. The van der Waals surface area contributed by atoms with Crippen molar-refractivity contribution in [1.82, 2.24) is 10.0 Å². The zero-order valence-corrected chi connectivity index (χ0v) is 14.3. The van der Waals surface area contributed by atoms with Crippen LogP contribution >= 0.6 is 0 Å². The summed E-state index contributed by atoms with van der Waals surface area (Å²) in [5.74, 6) is 0.227. The average molecular weight is 318 g/mol. The highest BCUT2D eigenvalue weighted by molar-refractivity contribution is 7.89. The van der Waals surface area contributed by atoms with Crippen LogP contribution in [0, 0.1) is 5.41 Å². The lowest BCUT2D eigenvalue weighted by atomic mass is 9.65. The number of rotatable bonds is 10. The van der Waals surface area contributed by atoms with E-state index < -0.39 is 10.0 Å². The van der Waals surface area contributed by atoms with E-state index in [0.717, 1.165) is 25.8 Å². The van der Waals surface area contributed by atoms with Crippen LogP contribution in [0.15, 0.2) is 0 Å². The Kier molecular flexibility index (Phi) is 5.68.